The summed E-state index contributed by atoms with van der Waals surface area (Å²) in [5, 5.41) is 14.0. The van der Waals surface area contributed by atoms with E-state index in [0.717, 1.165) is 24.8 Å². The number of benzene rings is 1. The largest absolute Gasteiger partial charge is 0.386 e. The summed E-state index contributed by atoms with van der Waals surface area (Å²) in [4.78, 5) is 0. The van der Waals surface area contributed by atoms with Crippen LogP contribution in [0.1, 0.15) is 45.6 Å². The molecule has 2 nitrogen and oxygen atoms in total. The molecule has 0 aromatic heterocycles. The Balaban J connectivity index is 2.18. The predicted octanol–water partition coefficient (Wildman–Crippen LogP) is 3.14. The van der Waals surface area contributed by atoms with Crippen molar-refractivity contribution in [2.24, 2.45) is 0 Å². The zero-order valence-corrected chi connectivity index (χ0v) is 13.9. The lowest BCUT2D eigenvalue weighted by Gasteiger charge is -2.46. The number of aliphatic hydroxyl groups is 1. The molecule has 20 heavy (non-hydrogen) atoms. The molecule has 1 fully saturated rings. The minimum Gasteiger partial charge on any atom is -0.386 e. The minimum atomic E-state index is -0.354. The Morgan fingerprint density at radius 1 is 1.25 bits per heavy atom. The van der Waals surface area contributed by atoms with E-state index in [2.05, 4.69) is 26.1 Å². The predicted molar refractivity (Wildman–Crippen MR) is 84.5 cm³/mol. The highest BCUT2D eigenvalue weighted by Crippen LogP contribution is 2.47. The molecule has 2 rings (SSSR count). The molecule has 0 aliphatic heterocycles. The maximum Gasteiger partial charge on any atom is 0.112 e. The van der Waals surface area contributed by atoms with Crippen LogP contribution >= 0.6 is 23.2 Å². The fraction of sp³-hybridized carbons (Fsp3) is 0.625. The maximum absolute atomic E-state index is 10.7. The van der Waals surface area contributed by atoms with Gasteiger partial charge in [0.1, 0.15) is 12.6 Å². The second-order valence-corrected chi connectivity index (χ2v) is 7.77. The molecule has 0 heterocycles. The average molecular weight is 317 g/mol. The third-order valence-electron chi connectivity index (χ3n) is 4.33. The first-order valence-corrected chi connectivity index (χ1v) is 7.98. The van der Waals surface area contributed by atoms with Gasteiger partial charge in [0.2, 0.25) is 0 Å². The Morgan fingerprint density at radius 2 is 1.90 bits per heavy atom. The van der Waals surface area contributed by atoms with Crippen LogP contribution in [0.15, 0.2) is 18.2 Å². The van der Waals surface area contributed by atoms with Crippen molar-refractivity contribution in [3.63, 3.8) is 0 Å². The van der Waals surface area contributed by atoms with Crippen molar-refractivity contribution in [1.29, 1.82) is 0 Å². The summed E-state index contributed by atoms with van der Waals surface area (Å²) in [5.41, 5.74) is 1.10. The summed E-state index contributed by atoms with van der Waals surface area (Å²) < 4.78 is 0. The van der Waals surface area contributed by atoms with E-state index in [1.54, 1.807) is 0 Å². The van der Waals surface area contributed by atoms with Gasteiger partial charge in [0.05, 0.1) is 15.6 Å². The number of aliphatic hydroxyl groups excluding tert-OH is 1. The first kappa shape index (κ1) is 16.1. The fourth-order valence-electron chi connectivity index (χ4n) is 2.87. The zero-order chi connectivity index (χ0) is 15.0. The average Bonchev–Trinajstić information content (AvgIpc) is 2.29. The Hall–Kier alpha value is -0.280. The molecule has 1 aliphatic carbocycles. The molecule has 0 radical (unpaired) electrons. The van der Waals surface area contributed by atoms with Crippen LogP contribution in [-0.2, 0) is 5.41 Å². The van der Waals surface area contributed by atoms with Crippen LogP contribution in [0, 0.1) is 0 Å². The summed E-state index contributed by atoms with van der Waals surface area (Å²) in [6, 6.07) is 5.76. The van der Waals surface area contributed by atoms with Crippen LogP contribution in [0.2, 0.25) is 10.0 Å². The molecule has 1 unspecified atom stereocenters. The van der Waals surface area contributed by atoms with Crippen LogP contribution in [0.25, 0.3) is 0 Å². The molecule has 112 valence electrons. The van der Waals surface area contributed by atoms with Crippen LogP contribution in [0.4, 0.5) is 0 Å². The van der Waals surface area contributed by atoms with E-state index < -0.39 is 0 Å². The Kier molecular flexibility index (Phi) is 4.70. The van der Waals surface area contributed by atoms with Gasteiger partial charge < -0.3 is 10.4 Å². The number of rotatable bonds is 4. The van der Waals surface area contributed by atoms with Gasteiger partial charge in [-0.15, -0.1) is 0 Å². The summed E-state index contributed by atoms with van der Waals surface area (Å²) in [7, 11) is 0. The first-order chi connectivity index (χ1) is 9.24. The summed E-state index contributed by atoms with van der Waals surface area (Å²) in [6.07, 6.45) is 2.84. The molecule has 1 atom stereocenters. The second kappa shape index (κ2) is 5.84. The smallest absolute Gasteiger partial charge is 0.112 e. The Labute approximate surface area is 131 Å². The molecular formula is C16H24Cl2NO+. The van der Waals surface area contributed by atoms with Gasteiger partial charge in [-0.3, -0.25) is 0 Å². The van der Waals surface area contributed by atoms with Crippen LogP contribution in [-0.4, -0.2) is 23.3 Å². The van der Waals surface area contributed by atoms with Crippen LogP contribution in [0.5, 0.6) is 0 Å². The lowest BCUT2D eigenvalue weighted by atomic mass is 9.61. The van der Waals surface area contributed by atoms with Crippen molar-refractivity contribution in [3.05, 3.63) is 33.8 Å². The molecule has 1 aromatic carbocycles. The van der Waals surface area contributed by atoms with Crippen molar-refractivity contribution in [3.8, 4) is 0 Å². The monoisotopic (exact) mass is 316 g/mol. The van der Waals surface area contributed by atoms with Crippen molar-refractivity contribution in [1.82, 2.24) is 0 Å². The van der Waals surface area contributed by atoms with E-state index in [1.807, 2.05) is 18.2 Å². The number of halogens is 2. The van der Waals surface area contributed by atoms with Gasteiger partial charge in [0, 0.05) is 5.41 Å². The normalized spacial score (nSPS) is 19.5. The summed E-state index contributed by atoms with van der Waals surface area (Å²) >= 11 is 12.1. The molecular weight excluding hydrogens is 293 g/mol. The van der Waals surface area contributed by atoms with Crippen molar-refractivity contribution < 1.29 is 10.4 Å². The van der Waals surface area contributed by atoms with E-state index in [1.165, 1.54) is 0 Å². The van der Waals surface area contributed by atoms with Gasteiger partial charge in [0.15, 0.2) is 0 Å². The molecule has 0 spiro atoms. The van der Waals surface area contributed by atoms with Gasteiger partial charge in [-0.1, -0.05) is 35.7 Å². The highest BCUT2D eigenvalue weighted by Gasteiger charge is 2.46. The van der Waals surface area contributed by atoms with E-state index in [-0.39, 0.29) is 17.1 Å². The topological polar surface area (TPSA) is 36.8 Å². The van der Waals surface area contributed by atoms with E-state index in [4.69, 9.17) is 23.2 Å². The number of hydrogen-bond acceptors (Lipinski definition) is 1. The third-order valence-corrected chi connectivity index (χ3v) is 5.07. The Bertz CT molecular complexity index is 478. The standard InChI is InChI=1S/C16H23Cl2NO/c1-15(2,3)19-10-14(20)16(7-4-8-16)11-5-6-12(17)13(18)9-11/h5-6,9,14,19-20H,4,7-8,10H2,1-3H3/p+1. The maximum atomic E-state index is 10.7. The number of hydrogen-bond donors (Lipinski definition) is 2. The minimum absolute atomic E-state index is 0.129. The number of nitrogens with two attached hydrogens (primary N) is 1. The molecule has 0 bridgehead atoms. The molecule has 4 heteroatoms. The Morgan fingerprint density at radius 3 is 2.35 bits per heavy atom. The van der Waals surface area contributed by atoms with E-state index in [0.29, 0.717) is 16.6 Å². The van der Waals surface area contributed by atoms with Crippen molar-refractivity contribution in [2.75, 3.05) is 6.54 Å². The highest BCUT2D eigenvalue weighted by molar-refractivity contribution is 6.42. The number of quaternary nitrogens is 1. The SMILES string of the molecule is CC(C)(C)[NH2+]CC(O)C1(c2ccc(Cl)c(Cl)c2)CCC1. The van der Waals surface area contributed by atoms with Gasteiger partial charge in [0.25, 0.3) is 0 Å². The zero-order valence-electron chi connectivity index (χ0n) is 12.4. The second-order valence-electron chi connectivity index (χ2n) is 6.96. The van der Waals surface area contributed by atoms with E-state index >= 15 is 0 Å². The lowest BCUT2D eigenvalue weighted by molar-refractivity contribution is -0.723. The quantitative estimate of drug-likeness (QED) is 0.879. The van der Waals surface area contributed by atoms with E-state index in [9.17, 15) is 5.11 Å². The summed E-state index contributed by atoms with van der Waals surface area (Å²) in [6.45, 7) is 7.19. The van der Waals surface area contributed by atoms with Crippen LogP contribution in [0.3, 0.4) is 0 Å². The highest BCUT2D eigenvalue weighted by atomic mass is 35.5. The van der Waals surface area contributed by atoms with Gasteiger partial charge in [-0.25, -0.2) is 0 Å². The van der Waals surface area contributed by atoms with Crippen LogP contribution < -0.4 is 5.32 Å². The first-order valence-electron chi connectivity index (χ1n) is 7.23. The molecule has 3 N–H and O–H groups in total. The third kappa shape index (κ3) is 3.30. The molecule has 1 aliphatic rings. The van der Waals surface area contributed by atoms with Crippen molar-refractivity contribution in [2.45, 2.75) is 57.1 Å². The molecule has 0 saturated heterocycles. The molecule has 1 aromatic rings. The van der Waals surface area contributed by atoms with Gasteiger partial charge >= 0.3 is 0 Å². The summed E-state index contributed by atoms with van der Waals surface area (Å²) in [5.74, 6) is 0. The lowest BCUT2D eigenvalue weighted by Crippen LogP contribution is -2.96. The van der Waals surface area contributed by atoms with Crippen molar-refractivity contribution >= 4 is 23.2 Å². The van der Waals surface area contributed by atoms with Gasteiger partial charge in [-0.05, 0) is 51.3 Å². The molecule has 0 amide bonds. The van der Waals surface area contributed by atoms with Gasteiger partial charge in [-0.2, -0.15) is 0 Å². The molecule has 1 saturated carbocycles. The fourth-order valence-corrected chi connectivity index (χ4v) is 3.17.